The van der Waals surface area contributed by atoms with Crippen LogP contribution in [0.15, 0.2) is 12.1 Å². The van der Waals surface area contributed by atoms with Gasteiger partial charge in [-0.3, -0.25) is 4.79 Å². The van der Waals surface area contributed by atoms with E-state index in [1.807, 2.05) is 0 Å². The SMILES string of the molecule is NC(=O)OCC(CC1CC1)C(=O)c1c(F)cc(Cl)cc1F. The van der Waals surface area contributed by atoms with E-state index < -0.39 is 35.0 Å². The lowest BCUT2D eigenvalue weighted by atomic mass is 9.92. The number of carbonyl (C=O) groups excluding carboxylic acids is 2. The molecule has 1 aliphatic carbocycles. The Morgan fingerprint density at radius 2 is 1.90 bits per heavy atom. The van der Waals surface area contributed by atoms with Crippen LogP contribution in [-0.4, -0.2) is 18.5 Å². The highest BCUT2D eigenvalue weighted by molar-refractivity contribution is 6.30. The Kier molecular flexibility index (Phi) is 4.77. The summed E-state index contributed by atoms with van der Waals surface area (Å²) in [6.07, 6.45) is 1.28. The molecule has 4 nitrogen and oxygen atoms in total. The largest absolute Gasteiger partial charge is 0.449 e. The van der Waals surface area contributed by atoms with E-state index in [1.54, 1.807) is 0 Å². The van der Waals surface area contributed by atoms with Gasteiger partial charge in [-0.25, -0.2) is 13.6 Å². The molecule has 0 radical (unpaired) electrons. The van der Waals surface area contributed by atoms with Crippen LogP contribution in [0.4, 0.5) is 13.6 Å². The van der Waals surface area contributed by atoms with E-state index in [1.165, 1.54) is 0 Å². The molecule has 0 spiro atoms. The van der Waals surface area contributed by atoms with Crippen LogP contribution in [0, 0.1) is 23.5 Å². The molecule has 1 aromatic rings. The number of ketones is 1. The van der Waals surface area contributed by atoms with Crippen LogP contribution in [0.3, 0.4) is 0 Å². The summed E-state index contributed by atoms with van der Waals surface area (Å²) in [5.74, 6) is -3.28. The lowest BCUT2D eigenvalue weighted by Crippen LogP contribution is -2.26. The molecule has 0 aromatic heterocycles. The highest BCUT2D eigenvalue weighted by Crippen LogP contribution is 2.37. The number of rotatable bonds is 6. The Bertz CT molecular complexity index is 552. The molecule has 7 heteroatoms. The van der Waals surface area contributed by atoms with Crippen molar-refractivity contribution in [3.8, 4) is 0 Å². The van der Waals surface area contributed by atoms with Gasteiger partial charge in [0.05, 0.1) is 11.5 Å². The van der Waals surface area contributed by atoms with E-state index in [9.17, 15) is 18.4 Å². The molecule has 0 saturated heterocycles. The molecule has 1 saturated carbocycles. The predicted molar refractivity (Wildman–Crippen MR) is 72.1 cm³/mol. The van der Waals surface area contributed by atoms with Gasteiger partial charge in [-0.1, -0.05) is 24.4 Å². The summed E-state index contributed by atoms with van der Waals surface area (Å²) in [5, 5.41) is -0.131. The van der Waals surface area contributed by atoms with Crippen molar-refractivity contribution in [1.82, 2.24) is 0 Å². The van der Waals surface area contributed by atoms with Crippen molar-refractivity contribution in [3.05, 3.63) is 34.4 Å². The van der Waals surface area contributed by atoms with Gasteiger partial charge in [-0.2, -0.15) is 0 Å². The van der Waals surface area contributed by atoms with Crippen molar-refractivity contribution < 1.29 is 23.1 Å². The number of nitrogens with two attached hydrogens (primary N) is 1. The standard InChI is InChI=1S/C14H14ClF2NO3/c15-9-4-10(16)12(11(17)5-9)13(19)8(3-7-1-2-7)6-21-14(18)20/h4-5,7-8H,1-3,6H2,(H2,18,20). The van der Waals surface area contributed by atoms with E-state index >= 15 is 0 Å². The first-order valence-electron chi connectivity index (χ1n) is 6.49. The first-order valence-corrected chi connectivity index (χ1v) is 6.87. The fraction of sp³-hybridized carbons (Fsp3) is 0.429. The fourth-order valence-corrected chi connectivity index (χ4v) is 2.36. The number of hydrogen-bond acceptors (Lipinski definition) is 3. The third-order valence-electron chi connectivity index (χ3n) is 3.37. The molecule has 2 N–H and O–H groups in total. The summed E-state index contributed by atoms with van der Waals surface area (Å²) in [6, 6.07) is 1.75. The van der Waals surface area contributed by atoms with Gasteiger partial charge in [-0.15, -0.1) is 0 Å². The number of benzene rings is 1. The second-order valence-electron chi connectivity index (χ2n) is 5.11. The molecule has 21 heavy (non-hydrogen) atoms. The molecule has 114 valence electrons. The van der Waals surface area contributed by atoms with E-state index in [0.29, 0.717) is 12.3 Å². The van der Waals surface area contributed by atoms with Crippen LogP contribution in [0.2, 0.25) is 5.02 Å². The van der Waals surface area contributed by atoms with Gasteiger partial charge in [0.25, 0.3) is 0 Å². The van der Waals surface area contributed by atoms with Gasteiger partial charge in [0.1, 0.15) is 18.2 Å². The summed E-state index contributed by atoms with van der Waals surface area (Å²) >= 11 is 5.53. The zero-order valence-corrected chi connectivity index (χ0v) is 11.8. The zero-order chi connectivity index (χ0) is 15.6. The Hall–Kier alpha value is -1.69. The number of amides is 1. The van der Waals surface area contributed by atoms with Crippen molar-refractivity contribution in [3.63, 3.8) is 0 Å². The van der Waals surface area contributed by atoms with Crippen LogP contribution >= 0.6 is 11.6 Å². The smallest absolute Gasteiger partial charge is 0.404 e. The van der Waals surface area contributed by atoms with Gasteiger partial charge < -0.3 is 10.5 Å². The minimum Gasteiger partial charge on any atom is -0.449 e. The quantitative estimate of drug-likeness (QED) is 0.818. The molecule has 1 atom stereocenters. The molecular formula is C14H14ClF2NO3. The van der Waals surface area contributed by atoms with E-state index in [4.69, 9.17) is 17.3 Å². The molecule has 1 amide bonds. The lowest BCUT2D eigenvalue weighted by molar-refractivity contribution is 0.0799. The normalized spacial score (nSPS) is 15.6. The summed E-state index contributed by atoms with van der Waals surface area (Å²) < 4.78 is 32.2. The first-order chi connectivity index (χ1) is 9.88. The number of Topliss-reactive ketones (excluding diaryl/α,β-unsaturated/α-hetero) is 1. The first kappa shape index (κ1) is 15.7. The highest BCUT2D eigenvalue weighted by atomic mass is 35.5. The van der Waals surface area contributed by atoms with Crippen molar-refractivity contribution >= 4 is 23.5 Å². The third-order valence-corrected chi connectivity index (χ3v) is 3.58. The molecule has 2 rings (SSSR count). The van der Waals surface area contributed by atoms with E-state index in [0.717, 1.165) is 25.0 Å². The predicted octanol–water partition coefficient (Wildman–Crippen LogP) is 3.31. The summed E-state index contributed by atoms with van der Waals surface area (Å²) in [4.78, 5) is 23.0. The van der Waals surface area contributed by atoms with Gasteiger partial charge in [0.2, 0.25) is 0 Å². The molecular weight excluding hydrogens is 304 g/mol. The van der Waals surface area contributed by atoms with Crippen molar-refractivity contribution in [1.29, 1.82) is 0 Å². The second-order valence-corrected chi connectivity index (χ2v) is 5.55. The van der Waals surface area contributed by atoms with Crippen LogP contribution in [0.5, 0.6) is 0 Å². The van der Waals surface area contributed by atoms with Gasteiger partial charge in [0, 0.05) is 5.02 Å². The number of halogens is 3. The summed E-state index contributed by atoms with van der Waals surface area (Å²) in [5.41, 5.74) is 4.21. The molecule has 1 unspecified atom stereocenters. The van der Waals surface area contributed by atoms with Crippen LogP contribution in [0.25, 0.3) is 0 Å². The van der Waals surface area contributed by atoms with Gasteiger partial charge >= 0.3 is 6.09 Å². The molecule has 1 aromatic carbocycles. The van der Waals surface area contributed by atoms with Crippen molar-refractivity contribution in [2.24, 2.45) is 17.6 Å². The molecule has 0 aliphatic heterocycles. The van der Waals surface area contributed by atoms with Crippen LogP contribution in [0.1, 0.15) is 29.6 Å². The fourth-order valence-electron chi connectivity index (χ4n) is 2.17. The van der Waals surface area contributed by atoms with E-state index in [-0.39, 0.29) is 11.6 Å². The Labute approximate surface area is 125 Å². The topological polar surface area (TPSA) is 69.4 Å². The maximum absolute atomic E-state index is 13.8. The minimum atomic E-state index is -1.03. The minimum absolute atomic E-state index is 0.131. The number of ether oxygens (including phenoxy) is 1. The monoisotopic (exact) mass is 317 g/mol. The maximum atomic E-state index is 13.8. The number of primary amides is 1. The summed E-state index contributed by atoms with van der Waals surface area (Å²) in [7, 11) is 0. The van der Waals surface area contributed by atoms with Gasteiger partial charge in [0.15, 0.2) is 5.78 Å². The average molecular weight is 318 g/mol. The number of hydrogen-bond donors (Lipinski definition) is 1. The lowest BCUT2D eigenvalue weighted by Gasteiger charge is -2.16. The molecule has 0 bridgehead atoms. The van der Waals surface area contributed by atoms with E-state index in [2.05, 4.69) is 4.74 Å². The van der Waals surface area contributed by atoms with Crippen molar-refractivity contribution in [2.75, 3.05) is 6.61 Å². The number of carbonyl (C=O) groups is 2. The zero-order valence-electron chi connectivity index (χ0n) is 11.1. The molecule has 0 heterocycles. The highest BCUT2D eigenvalue weighted by Gasteiger charge is 2.33. The Balaban J connectivity index is 2.22. The Morgan fingerprint density at radius 1 is 1.33 bits per heavy atom. The second kappa shape index (κ2) is 6.39. The average Bonchev–Trinajstić information content (AvgIpc) is 3.16. The Morgan fingerprint density at radius 3 is 2.38 bits per heavy atom. The third kappa shape index (κ3) is 4.14. The maximum Gasteiger partial charge on any atom is 0.404 e. The summed E-state index contributed by atoms with van der Waals surface area (Å²) in [6.45, 7) is -0.286. The van der Waals surface area contributed by atoms with Gasteiger partial charge in [-0.05, 0) is 24.5 Å². The molecule has 1 aliphatic rings. The molecule has 1 fully saturated rings. The van der Waals surface area contributed by atoms with Crippen molar-refractivity contribution in [2.45, 2.75) is 19.3 Å². The van der Waals surface area contributed by atoms with Crippen LogP contribution in [-0.2, 0) is 4.74 Å². The van der Waals surface area contributed by atoms with Crippen LogP contribution < -0.4 is 5.73 Å².